The molecule has 29 heavy (non-hydrogen) atoms. The van der Waals surface area contributed by atoms with Crippen molar-refractivity contribution in [3.63, 3.8) is 0 Å². The summed E-state index contributed by atoms with van der Waals surface area (Å²) < 4.78 is 2.41. The van der Waals surface area contributed by atoms with Gasteiger partial charge in [0.05, 0.1) is 22.2 Å². The van der Waals surface area contributed by atoms with Crippen molar-refractivity contribution in [3.05, 3.63) is 99.0 Å². The lowest BCUT2D eigenvalue weighted by Gasteiger charge is -2.12. The fraction of sp³-hybridized carbons (Fsp3) is 0. The monoisotopic (exact) mass is 443 g/mol. The maximum absolute atomic E-state index is 13.3. The number of fused-ring (bicyclic) bond motifs is 2. The number of aromatic nitrogens is 2. The van der Waals surface area contributed by atoms with E-state index in [9.17, 15) is 9.59 Å². The molecule has 0 spiro atoms. The van der Waals surface area contributed by atoms with E-state index >= 15 is 0 Å². The average Bonchev–Trinajstić information content (AvgIpc) is 3.03. The van der Waals surface area contributed by atoms with Crippen LogP contribution in [0.5, 0.6) is 0 Å². The summed E-state index contributed by atoms with van der Waals surface area (Å²) in [4.78, 5) is 30.6. The van der Waals surface area contributed by atoms with E-state index in [0.717, 1.165) is 15.7 Å². The van der Waals surface area contributed by atoms with Gasteiger partial charge in [-0.15, -0.1) is 0 Å². The molecule has 5 rings (SSSR count). The Morgan fingerprint density at radius 2 is 1.69 bits per heavy atom. The van der Waals surface area contributed by atoms with Gasteiger partial charge < -0.3 is 5.32 Å². The van der Waals surface area contributed by atoms with Gasteiger partial charge >= 0.3 is 0 Å². The lowest BCUT2D eigenvalue weighted by atomic mass is 10.1. The van der Waals surface area contributed by atoms with Gasteiger partial charge in [-0.1, -0.05) is 46.3 Å². The molecule has 1 aromatic heterocycles. The number of carbonyl (C=O) groups excluding carboxylic acids is 1. The molecule has 0 atom stereocenters. The predicted molar refractivity (Wildman–Crippen MR) is 118 cm³/mol. The normalized spacial score (nSPS) is 14.2. The van der Waals surface area contributed by atoms with Crippen LogP contribution in [0.3, 0.4) is 0 Å². The molecule has 1 aliphatic heterocycles. The molecule has 0 fully saturated rings. The minimum Gasteiger partial charge on any atom is -0.321 e. The van der Waals surface area contributed by atoms with E-state index in [4.69, 9.17) is 4.98 Å². The second kappa shape index (κ2) is 6.83. The fourth-order valence-corrected chi connectivity index (χ4v) is 3.87. The fourth-order valence-electron chi connectivity index (χ4n) is 3.51. The van der Waals surface area contributed by atoms with Gasteiger partial charge in [0, 0.05) is 15.7 Å². The van der Waals surface area contributed by atoms with Gasteiger partial charge in [0.1, 0.15) is 5.82 Å². The molecular weight excluding hydrogens is 430 g/mol. The summed E-state index contributed by atoms with van der Waals surface area (Å²) in [5, 5.41) is 3.39. The summed E-state index contributed by atoms with van der Waals surface area (Å²) in [6.07, 6.45) is 1.68. The lowest BCUT2D eigenvalue weighted by Crippen LogP contribution is -2.22. The first-order valence-electron chi connectivity index (χ1n) is 9.02. The van der Waals surface area contributed by atoms with Crippen LogP contribution in [0.25, 0.3) is 28.2 Å². The van der Waals surface area contributed by atoms with Crippen molar-refractivity contribution in [2.75, 3.05) is 5.32 Å². The summed E-state index contributed by atoms with van der Waals surface area (Å²) in [7, 11) is 0. The van der Waals surface area contributed by atoms with Crippen LogP contribution in [0.4, 0.5) is 5.69 Å². The highest BCUT2D eigenvalue weighted by Gasteiger charge is 2.25. The molecule has 0 saturated heterocycles. The zero-order valence-electron chi connectivity index (χ0n) is 15.1. The minimum atomic E-state index is -0.222. The Morgan fingerprint density at radius 3 is 2.52 bits per heavy atom. The molecular formula is C23H14BrN3O2. The largest absolute Gasteiger partial charge is 0.321 e. The molecule has 2 heterocycles. The number of amides is 1. The van der Waals surface area contributed by atoms with Crippen LogP contribution >= 0.6 is 15.9 Å². The van der Waals surface area contributed by atoms with Crippen LogP contribution in [0.1, 0.15) is 11.4 Å². The minimum absolute atomic E-state index is 0.179. The smallest absolute Gasteiger partial charge is 0.266 e. The molecule has 1 amide bonds. The van der Waals surface area contributed by atoms with E-state index in [-0.39, 0.29) is 11.5 Å². The Hall–Kier alpha value is -3.51. The van der Waals surface area contributed by atoms with Crippen molar-refractivity contribution in [1.29, 1.82) is 0 Å². The standard InChI is InChI=1S/C23H14BrN3O2/c24-14-10-11-20-17(12-14)18(22(28)26-20)13-21-25-19-9-5-4-8-16(19)23(29)27(21)15-6-2-1-3-7-15/h1-13H,(H,26,28)/b18-13-. The van der Waals surface area contributed by atoms with Crippen LogP contribution in [0.2, 0.25) is 0 Å². The summed E-state index contributed by atoms with van der Waals surface area (Å²) in [5.41, 5.74) is 3.07. The number of rotatable bonds is 2. The first kappa shape index (κ1) is 17.6. The van der Waals surface area contributed by atoms with Crippen molar-refractivity contribution in [2.24, 2.45) is 0 Å². The molecule has 0 unspecified atom stereocenters. The average molecular weight is 444 g/mol. The number of halogens is 1. The van der Waals surface area contributed by atoms with Gasteiger partial charge in [-0.25, -0.2) is 4.98 Å². The van der Waals surface area contributed by atoms with Crippen LogP contribution < -0.4 is 10.9 Å². The lowest BCUT2D eigenvalue weighted by molar-refractivity contribution is -0.110. The molecule has 4 aromatic rings. The van der Waals surface area contributed by atoms with E-state index < -0.39 is 0 Å². The van der Waals surface area contributed by atoms with Crippen LogP contribution in [0, 0.1) is 0 Å². The Labute approximate surface area is 174 Å². The number of hydrogen-bond donors (Lipinski definition) is 1. The third-order valence-corrected chi connectivity index (χ3v) is 5.35. The number of nitrogens with zero attached hydrogens (tertiary/aromatic N) is 2. The van der Waals surface area contributed by atoms with Crippen LogP contribution in [-0.2, 0) is 4.79 Å². The topological polar surface area (TPSA) is 64.0 Å². The highest BCUT2D eigenvalue weighted by Crippen LogP contribution is 2.35. The second-order valence-corrected chi connectivity index (χ2v) is 7.58. The van der Waals surface area contributed by atoms with Crippen molar-refractivity contribution in [2.45, 2.75) is 0 Å². The van der Waals surface area contributed by atoms with Gasteiger partial charge in [0.25, 0.3) is 11.5 Å². The molecule has 6 heteroatoms. The van der Waals surface area contributed by atoms with Gasteiger partial charge in [0.2, 0.25) is 0 Å². The highest BCUT2D eigenvalue weighted by atomic mass is 79.9. The number of para-hydroxylation sites is 2. The van der Waals surface area contributed by atoms with E-state index in [1.54, 1.807) is 22.8 Å². The Kier molecular flexibility index (Phi) is 4.14. The first-order valence-corrected chi connectivity index (χ1v) is 9.81. The quantitative estimate of drug-likeness (QED) is 0.459. The van der Waals surface area contributed by atoms with E-state index in [1.807, 2.05) is 60.7 Å². The van der Waals surface area contributed by atoms with Gasteiger partial charge in [0.15, 0.2) is 0 Å². The van der Waals surface area contributed by atoms with Crippen molar-refractivity contribution < 1.29 is 4.79 Å². The molecule has 0 saturated carbocycles. The second-order valence-electron chi connectivity index (χ2n) is 6.67. The number of benzene rings is 3. The summed E-state index contributed by atoms with van der Waals surface area (Å²) in [5.74, 6) is 0.179. The number of anilines is 1. The Balaban J connectivity index is 1.82. The molecule has 1 aliphatic rings. The third-order valence-electron chi connectivity index (χ3n) is 4.85. The number of hydrogen-bond acceptors (Lipinski definition) is 3. The van der Waals surface area contributed by atoms with Crippen molar-refractivity contribution >= 4 is 50.1 Å². The maximum Gasteiger partial charge on any atom is 0.266 e. The summed E-state index contributed by atoms with van der Waals surface area (Å²) in [6, 6.07) is 22.1. The molecule has 3 aromatic carbocycles. The molecule has 1 N–H and O–H groups in total. The van der Waals surface area contributed by atoms with Gasteiger partial charge in [-0.05, 0) is 48.5 Å². The van der Waals surface area contributed by atoms with E-state index in [1.165, 1.54) is 0 Å². The van der Waals surface area contributed by atoms with Crippen LogP contribution in [-0.4, -0.2) is 15.5 Å². The van der Waals surface area contributed by atoms with Gasteiger partial charge in [-0.2, -0.15) is 0 Å². The maximum atomic E-state index is 13.3. The summed E-state index contributed by atoms with van der Waals surface area (Å²) >= 11 is 3.46. The molecule has 0 aliphatic carbocycles. The molecule has 0 radical (unpaired) electrons. The SMILES string of the molecule is O=C1Nc2ccc(Br)cc2/C1=C/c1nc2ccccc2c(=O)n1-c1ccccc1. The van der Waals surface area contributed by atoms with Crippen molar-refractivity contribution in [3.8, 4) is 5.69 Å². The van der Waals surface area contributed by atoms with E-state index in [0.29, 0.717) is 28.0 Å². The zero-order valence-corrected chi connectivity index (χ0v) is 16.7. The first-order chi connectivity index (χ1) is 14.1. The number of nitrogens with one attached hydrogen (secondary N) is 1. The number of carbonyl (C=O) groups is 1. The molecule has 0 bridgehead atoms. The zero-order chi connectivity index (χ0) is 20.0. The van der Waals surface area contributed by atoms with E-state index in [2.05, 4.69) is 21.2 Å². The van der Waals surface area contributed by atoms with Crippen LogP contribution in [0.15, 0.2) is 82.1 Å². The molecule has 5 nitrogen and oxygen atoms in total. The highest BCUT2D eigenvalue weighted by molar-refractivity contribution is 9.10. The predicted octanol–water partition coefficient (Wildman–Crippen LogP) is 4.64. The Bertz CT molecular complexity index is 1370. The summed E-state index contributed by atoms with van der Waals surface area (Å²) in [6.45, 7) is 0. The van der Waals surface area contributed by atoms with Crippen molar-refractivity contribution in [1.82, 2.24) is 9.55 Å². The van der Waals surface area contributed by atoms with Gasteiger partial charge in [-0.3, -0.25) is 14.2 Å². The molecule has 140 valence electrons. The Morgan fingerprint density at radius 1 is 0.931 bits per heavy atom. The third kappa shape index (κ3) is 2.98.